The number of barbiturate groups is 1. The minimum Gasteiger partial charge on any atom is -0.277 e. The van der Waals surface area contributed by atoms with Crippen LogP contribution in [0.3, 0.4) is 0 Å². The molecule has 1 aromatic heterocycles. The number of para-hydroxylation sites is 1. The summed E-state index contributed by atoms with van der Waals surface area (Å²) in [6.07, 6.45) is 0.241. The summed E-state index contributed by atoms with van der Waals surface area (Å²) in [6.45, 7) is 3.56. The lowest BCUT2D eigenvalue weighted by molar-refractivity contribution is -0.138. The molecule has 0 atom stereocenters. The first-order valence-corrected chi connectivity index (χ1v) is 7.02. The normalized spacial score (nSPS) is 17.3. The maximum atomic E-state index is 12.5. The second kappa shape index (κ2) is 4.91. The van der Waals surface area contributed by atoms with Crippen LogP contribution in [-0.4, -0.2) is 22.8 Å². The number of amides is 4. The van der Waals surface area contributed by atoms with Crippen molar-refractivity contribution in [2.24, 2.45) is 0 Å². The monoisotopic (exact) mass is 297 g/mol. The van der Waals surface area contributed by atoms with E-state index >= 15 is 0 Å². The van der Waals surface area contributed by atoms with E-state index in [4.69, 9.17) is 0 Å². The number of rotatable bonds is 2. The van der Waals surface area contributed by atoms with E-state index in [0.29, 0.717) is 16.8 Å². The van der Waals surface area contributed by atoms with Crippen LogP contribution in [0.5, 0.6) is 0 Å². The minimum absolute atomic E-state index is 0.241. The molecule has 0 radical (unpaired) electrons. The number of hydrogen-bond donors (Lipinski definition) is 2. The second-order valence-electron chi connectivity index (χ2n) is 5.32. The summed E-state index contributed by atoms with van der Waals surface area (Å²) in [4.78, 5) is 40.8. The number of carbonyl (C=O) groups excluding carboxylic acids is 3. The number of nitrogens with one attached hydrogen (secondary N) is 2. The van der Waals surface area contributed by atoms with Crippen molar-refractivity contribution in [3.8, 4) is 0 Å². The molecule has 0 aliphatic carbocycles. The Morgan fingerprint density at radius 2 is 1.73 bits per heavy atom. The van der Waals surface area contributed by atoms with Crippen LogP contribution in [0.2, 0.25) is 0 Å². The topological polar surface area (TPSA) is 88.2 Å². The number of pyridine rings is 1. The molecule has 0 bridgehead atoms. The van der Waals surface area contributed by atoms with Crippen LogP contribution < -0.4 is 10.6 Å². The molecule has 0 spiro atoms. The standard InChI is InChI=1S/C16H15N3O3/c1-3-16(13(20)18-15(22)19-14(16)21)11-8-9(2)17-12-7-5-4-6-10(11)12/h4-8H,3H2,1-2H3,(H2,18,19,20,21,22). The highest BCUT2D eigenvalue weighted by Crippen LogP contribution is 2.35. The second-order valence-corrected chi connectivity index (χ2v) is 5.32. The fourth-order valence-electron chi connectivity index (χ4n) is 2.97. The molecule has 1 saturated heterocycles. The molecule has 1 aliphatic heterocycles. The third-order valence-electron chi connectivity index (χ3n) is 4.06. The lowest BCUT2D eigenvalue weighted by Gasteiger charge is -2.34. The summed E-state index contributed by atoms with van der Waals surface area (Å²) in [6, 6.07) is 8.29. The first-order chi connectivity index (χ1) is 10.5. The van der Waals surface area contributed by atoms with Gasteiger partial charge in [0.05, 0.1) is 5.52 Å². The number of benzene rings is 1. The van der Waals surface area contributed by atoms with E-state index in [-0.39, 0.29) is 6.42 Å². The van der Waals surface area contributed by atoms with Crippen molar-refractivity contribution in [1.29, 1.82) is 0 Å². The van der Waals surface area contributed by atoms with E-state index in [0.717, 1.165) is 5.39 Å². The Bertz CT molecular complexity index is 793. The Labute approximate surface area is 126 Å². The molecule has 0 unspecified atom stereocenters. The van der Waals surface area contributed by atoms with Gasteiger partial charge in [-0.1, -0.05) is 25.1 Å². The van der Waals surface area contributed by atoms with Crippen LogP contribution in [0.1, 0.15) is 24.6 Å². The molecule has 1 aliphatic rings. The van der Waals surface area contributed by atoms with Gasteiger partial charge in [0, 0.05) is 11.1 Å². The Hall–Kier alpha value is -2.76. The molecule has 4 amide bonds. The first kappa shape index (κ1) is 14.2. The van der Waals surface area contributed by atoms with Crippen LogP contribution in [0.25, 0.3) is 10.9 Å². The Kier molecular flexibility index (Phi) is 3.16. The van der Waals surface area contributed by atoms with Crippen molar-refractivity contribution in [3.05, 3.63) is 41.6 Å². The van der Waals surface area contributed by atoms with Crippen LogP contribution >= 0.6 is 0 Å². The molecule has 6 heteroatoms. The fraction of sp³-hybridized carbons (Fsp3) is 0.250. The molecule has 1 aromatic carbocycles. The zero-order chi connectivity index (χ0) is 15.9. The van der Waals surface area contributed by atoms with Crippen molar-refractivity contribution in [2.45, 2.75) is 25.7 Å². The van der Waals surface area contributed by atoms with Gasteiger partial charge >= 0.3 is 6.03 Å². The molecule has 2 aromatic rings. The van der Waals surface area contributed by atoms with Gasteiger partial charge in [-0.15, -0.1) is 0 Å². The van der Waals surface area contributed by atoms with Gasteiger partial charge in [-0.25, -0.2) is 4.79 Å². The van der Waals surface area contributed by atoms with Crippen molar-refractivity contribution in [2.75, 3.05) is 0 Å². The van der Waals surface area contributed by atoms with Crippen LogP contribution in [0.4, 0.5) is 4.79 Å². The number of aromatic nitrogens is 1. The number of imide groups is 2. The molecule has 112 valence electrons. The first-order valence-electron chi connectivity index (χ1n) is 7.02. The summed E-state index contributed by atoms with van der Waals surface area (Å²) in [5, 5.41) is 5.14. The average Bonchev–Trinajstić information content (AvgIpc) is 2.47. The van der Waals surface area contributed by atoms with Crippen LogP contribution in [0.15, 0.2) is 30.3 Å². The van der Waals surface area contributed by atoms with Gasteiger partial charge in [-0.3, -0.25) is 25.2 Å². The van der Waals surface area contributed by atoms with Crippen molar-refractivity contribution < 1.29 is 14.4 Å². The summed E-state index contributed by atoms with van der Waals surface area (Å²) >= 11 is 0. The number of nitrogens with zero attached hydrogens (tertiary/aromatic N) is 1. The van der Waals surface area contributed by atoms with Crippen LogP contribution in [0, 0.1) is 6.92 Å². The Morgan fingerprint density at radius 3 is 2.36 bits per heavy atom. The van der Waals surface area contributed by atoms with E-state index in [2.05, 4.69) is 15.6 Å². The number of hydrogen-bond acceptors (Lipinski definition) is 4. The highest BCUT2D eigenvalue weighted by Gasteiger charge is 2.51. The molecule has 3 rings (SSSR count). The van der Waals surface area contributed by atoms with Crippen molar-refractivity contribution >= 4 is 28.7 Å². The molecule has 2 heterocycles. The SMILES string of the molecule is CCC1(c2cc(C)nc3ccccc23)C(=O)NC(=O)NC1=O. The Balaban J connectivity index is 2.34. The van der Waals surface area contributed by atoms with Gasteiger partial charge in [-0.05, 0) is 31.0 Å². The molecular formula is C16H15N3O3. The summed E-state index contributed by atoms with van der Waals surface area (Å²) in [5.74, 6) is -1.20. The van der Waals surface area contributed by atoms with Crippen LogP contribution in [-0.2, 0) is 15.0 Å². The van der Waals surface area contributed by atoms with Gasteiger partial charge in [0.2, 0.25) is 11.8 Å². The molecule has 22 heavy (non-hydrogen) atoms. The number of carbonyl (C=O) groups is 3. The fourth-order valence-corrected chi connectivity index (χ4v) is 2.97. The molecule has 0 saturated carbocycles. The third-order valence-corrected chi connectivity index (χ3v) is 4.06. The smallest absolute Gasteiger partial charge is 0.277 e. The van der Waals surface area contributed by atoms with Gasteiger partial charge < -0.3 is 0 Å². The highest BCUT2D eigenvalue weighted by atomic mass is 16.2. The van der Waals surface area contributed by atoms with Crippen molar-refractivity contribution in [1.82, 2.24) is 15.6 Å². The Morgan fingerprint density at radius 1 is 1.09 bits per heavy atom. The predicted octanol–water partition coefficient (Wildman–Crippen LogP) is 1.56. The maximum Gasteiger partial charge on any atom is 0.328 e. The third kappa shape index (κ3) is 1.88. The summed E-state index contributed by atoms with van der Waals surface area (Å²) < 4.78 is 0. The van der Waals surface area contributed by atoms with Crippen molar-refractivity contribution in [3.63, 3.8) is 0 Å². The van der Waals surface area contributed by atoms with E-state index in [1.165, 1.54) is 0 Å². The minimum atomic E-state index is -1.43. The maximum absolute atomic E-state index is 12.5. The molecule has 6 nitrogen and oxygen atoms in total. The molecule has 1 fully saturated rings. The van der Waals surface area contributed by atoms with E-state index < -0.39 is 23.3 Å². The number of urea groups is 1. The summed E-state index contributed by atoms with van der Waals surface area (Å²) in [7, 11) is 0. The van der Waals surface area contributed by atoms with E-state index in [1.807, 2.05) is 31.2 Å². The lowest BCUT2D eigenvalue weighted by atomic mass is 9.74. The van der Waals surface area contributed by atoms with Gasteiger partial charge in [0.1, 0.15) is 0 Å². The zero-order valence-electron chi connectivity index (χ0n) is 12.3. The number of fused-ring (bicyclic) bond motifs is 1. The quantitative estimate of drug-likeness (QED) is 0.823. The number of aryl methyl sites for hydroxylation is 1. The van der Waals surface area contributed by atoms with Gasteiger partial charge in [-0.2, -0.15) is 0 Å². The van der Waals surface area contributed by atoms with Gasteiger partial charge in [0.15, 0.2) is 5.41 Å². The van der Waals surface area contributed by atoms with E-state index in [1.54, 1.807) is 13.0 Å². The average molecular weight is 297 g/mol. The molecule has 2 N–H and O–H groups in total. The molecular weight excluding hydrogens is 282 g/mol. The van der Waals surface area contributed by atoms with E-state index in [9.17, 15) is 14.4 Å². The largest absolute Gasteiger partial charge is 0.328 e. The highest BCUT2D eigenvalue weighted by molar-refractivity contribution is 6.24. The van der Waals surface area contributed by atoms with Gasteiger partial charge in [0.25, 0.3) is 0 Å². The zero-order valence-corrected chi connectivity index (χ0v) is 12.3. The lowest BCUT2D eigenvalue weighted by Crippen LogP contribution is -2.64. The summed E-state index contributed by atoms with van der Waals surface area (Å²) in [5.41, 5.74) is 0.559. The predicted molar refractivity (Wildman–Crippen MR) is 80.1 cm³/mol.